The lowest BCUT2D eigenvalue weighted by atomic mass is 10.1. The Kier molecular flexibility index (Phi) is 4.20. The second-order valence-electron chi connectivity index (χ2n) is 4.19. The van der Waals surface area contributed by atoms with E-state index in [9.17, 15) is 4.79 Å². The van der Waals surface area contributed by atoms with Gasteiger partial charge < -0.3 is 14.8 Å². The summed E-state index contributed by atoms with van der Waals surface area (Å²) < 4.78 is 10.5. The van der Waals surface area contributed by atoms with Gasteiger partial charge in [-0.15, -0.1) is 0 Å². The predicted molar refractivity (Wildman–Crippen MR) is 76.5 cm³/mol. The number of aryl methyl sites for hydroxylation is 1. The molecule has 1 aromatic heterocycles. The molecule has 0 unspecified atom stereocenters. The zero-order valence-electron chi connectivity index (χ0n) is 11.6. The molecule has 104 valence electrons. The van der Waals surface area contributed by atoms with Gasteiger partial charge in [-0.1, -0.05) is 6.07 Å². The smallest absolute Gasteiger partial charge is 0.274 e. The molecule has 0 saturated heterocycles. The van der Waals surface area contributed by atoms with Gasteiger partial charge in [-0.05, 0) is 30.7 Å². The molecule has 1 N–H and O–H groups in total. The number of carbonyl (C=O) groups is 1. The summed E-state index contributed by atoms with van der Waals surface area (Å²) in [6.45, 7) is 1.91. The Hall–Kier alpha value is -2.56. The summed E-state index contributed by atoms with van der Waals surface area (Å²) in [5, 5.41) is 2.77. The summed E-state index contributed by atoms with van der Waals surface area (Å²) in [6.07, 6.45) is 1.57. The number of carbonyl (C=O) groups excluding carboxylic acids is 1. The molecule has 1 amide bonds. The zero-order chi connectivity index (χ0) is 14.5. The molecule has 5 nitrogen and oxygen atoms in total. The lowest BCUT2D eigenvalue weighted by Crippen LogP contribution is -2.14. The van der Waals surface area contributed by atoms with E-state index in [1.54, 1.807) is 44.7 Å². The second-order valence-corrected chi connectivity index (χ2v) is 4.19. The zero-order valence-corrected chi connectivity index (χ0v) is 11.6. The van der Waals surface area contributed by atoms with Crippen molar-refractivity contribution in [2.24, 2.45) is 0 Å². The maximum Gasteiger partial charge on any atom is 0.274 e. The Labute approximate surface area is 117 Å². The maximum absolute atomic E-state index is 12.1. The monoisotopic (exact) mass is 272 g/mol. The number of aromatic nitrogens is 1. The van der Waals surface area contributed by atoms with Crippen LogP contribution in [0.3, 0.4) is 0 Å². The van der Waals surface area contributed by atoms with Crippen LogP contribution >= 0.6 is 0 Å². The highest BCUT2D eigenvalue weighted by atomic mass is 16.5. The van der Waals surface area contributed by atoms with Crippen LogP contribution in [0.1, 0.15) is 16.1 Å². The van der Waals surface area contributed by atoms with Crippen LogP contribution in [0.5, 0.6) is 11.5 Å². The van der Waals surface area contributed by atoms with Crippen molar-refractivity contribution in [3.63, 3.8) is 0 Å². The van der Waals surface area contributed by atoms with Crippen LogP contribution < -0.4 is 14.8 Å². The lowest BCUT2D eigenvalue weighted by Gasteiger charge is -2.13. The molecule has 0 aliphatic rings. The fourth-order valence-corrected chi connectivity index (χ4v) is 1.83. The third-order valence-corrected chi connectivity index (χ3v) is 2.86. The molecule has 1 heterocycles. The number of nitrogens with one attached hydrogen (secondary N) is 1. The normalized spacial score (nSPS) is 9.95. The van der Waals surface area contributed by atoms with Crippen molar-refractivity contribution in [1.82, 2.24) is 4.98 Å². The lowest BCUT2D eigenvalue weighted by molar-refractivity contribution is 0.102. The number of hydrogen-bond acceptors (Lipinski definition) is 4. The minimum Gasteiger partial charge on any atom is -0.496 e. The van der Waals surface area contributed by atoms with E-state index < -0.39 is 0 Å². The van der Waals surface area contributed by atoms with Gasteiger partial charge in [-0.3, -0.25) is 9.78 Å². The number of amides is 1. The molecule has 0 fully saturated rings. The van der Waals surface area contributed by atoms with Gasteiger partial charge in [0.1, 0.15) is 17.2 Å². The number of hydrogen-bond donors (Lipinski definition) is 1. The van der Waals surface area contributed by atoms with Crippen LogP contribution in [-0.4, -0.2) is 25.1 Å². The van der Waals surface area contributed by atoms with E-state index in [0.29, 0.717) is 22.9 Å². The largest absolute Gasteiger partial charge is 0.496 e. The molecule has 0 aliphatic carbocycles. The van der Waals surface area contributed by atoms with Crippen LogP contribution in [0.4, 0.5) is 5.69 Å². The summed E-state index contributed by atoms with van der Waals surface area (Å²) >= 11 is 0. The Balaban J connectivity index is 2.31. The van der Waals surface area contributed by atoms with E-state index >= 15 is 0 Å². The average Bonchev–Trinajstić information content (AvgIpc) is 2.49. The minimum atomic E-state index is -0.296. The molecule has 0 saturated carbocycles. The highest BCUT2D eigenvalue weighted by molar-refractivity contribution is 6.03. The first-order valence-electron chi connectivity index (χ1n) is 6.10. The van der Waals surface area contributed by atoms with E-state index in [1.807, 2.05) is 13.0 Å². The van der Waals surface area contributed by atoms with Crippen LogP contribution in [0.15, 0.2) is 36.5 Å². The van der Waals surface area contributed by atoms with Crippen molar-refractivity contribution in [2.45, 2.75) is 6.92 Å². The molecule has 0 spiro atoms. The molecule has 0 atom stereocenters. The summed E-state index contributed by atoms with van der Waals surface area (Å²) in [4.78, 5) is 16.1. The van der Waals surface area contributed by atoms with Gasteiger partial charge in [0.2, 0.25) is 0 Å². The van der Waals surface area contributed by atoms with Gasteiger partial charge in [0.15, 0.2) is 0 Å². The summed E-state index contributed by atoms with van der Waals surface area (Å²) in [5.41, 5.74) is 1.82. The number of benzene rings is 1. The number of rotatable bonds is 4. The van der Waals surface area contributed by atoms with Crippen molar-refractivity contribution < 1.29 is 14.3 Å². The molecular formula is C15H16N2O3. The van der Waals surface area contributed by atoms with Gasteiger partial charge in [-0.2, -0.15) is 0 Å². The van der Waals surface area contributed by atoms with Crippen LogP contribution in [-0.2, 0) is 0 Å². The molecule has 2 aromatic rings. The summed E-state index contributed by atoms with van der Waals surface area (Å²) in [5.74, 6) is 0.963. The molecule has 0 radical (unpaired) electrons. The number of anilines is 1. The topological polar surface area (TPSA) is 60.5 Å². The minimum absolute atomic E-state index is 0.296. The van der Waals surface area contributed by atoms with Crippen molar-refractivity contribution in [3.8, 4) is 11.5 Å². The fraction of sp³-hybridized carbons (Fsp3) is 0.200. The molecule has 5 heteroatoms. The quantitative estimate of drug-likeness (QED) is 0.929. The first-order chi connectivity index (χ1) is 9.65. The van der Waals surface area contributed by atoms with Gasteiger partial charge in [0.25, 0.3) is 5.91 Å². The molecule has 2 rings (SSSR count). The first-order valence-corrected chi connectivity index (χ1v) is 6.10. The van der Waals surface area contributed by atoms with Gasteiger partial charge in [0.05, 0.1) is 19.9 Å². The Bertz CT molecular complexity index is 612. The number of nitrogens with zero attached hydrogens (tertiary/aromatic N) is 1. The van der Waals surface area contributed by atoms with Gasteiger partial charge >= 0.3 is 0 Å². The third-order valence-electron chi connectivity index (χ3n) is 2.86. The van der Waals surface area contributed by atoms with E-state index in [4.69, 9.17) is 9.47 Å². The van der Waals surface area contributed by atoms with E-state index in [0.717, 1.165) is 5.56 Å². The van der Waals surface area contributed by atoms with Crippen molar-refractivity contribution in [1.29, 1.82) is 0 Å². The number of pyridine rings is 1. The maximum atomic E-state index is 12.1. The van der Waals surface area contributed by atoms with Crippen molar-refractivity contribution in [2.75, 3.05) is 19.5 Å². The van der Waals surface area contributed by atoms with Crippen LogP contribution in [0.25, 0.3) is 0 Å². The van der Waals surface area contributed by atoms with Gasteiger partial charge in [0, 0.05) is 12.3 Å². The molecular weight excluding hydrogens is 256 g/mol. The van der Waals surface area contributed by atoms with E-state index in [2.05, 4.69) is 10.3 Å². The first kappa shape index (κ1) is 13.9. The second kappa shape index (κ2) is 6.06. The SMILES string of the molecule is COc1cc(NC(=O)c2ccccn2)c(OC)cc1C. The third kappa shape index (κ3) is 2.88. The molecule has 0 aliphatic heterocycles. The summed E-state index contributed by atoms with van der Waals surface area (Å²) in [7, 11) is 3.14. The highest BCUT2D eigenvalue weighted by Crippen LogP contribution is 2.32. The molecule has 1 aromatic carbocycles. The number of methoxy groups -OCH3 is 2. The Morgan fingerprint density at radius 1 is 1.15 bits per heavy atom. The Morgan fingerprint density at radius 3 is 2.50 bits per heavy atom. The van der Waals surface area contributed by atoms with Crippen molar-refractivity contribution >= 4 is 11.6 Å². The molecule has 0 bridgehead atoms. The van der Waals surface area contributed by atoms with Crippen molar-refractivity contribution in [3.05, 3.63) is 47.8 Å². The predicted octanol–water partition coefficient (Wildman–Crippen LogP) is 2.66. The summed E-state index contributed by atoms with van der Waals surface area (Å²) in [6, 6.07) is 8.70. The van der Waals surface area contributed by atoms with Gasteiger partial charge in [-0.25, -0.2) is 0 Å². The Morgan fingerprint density at radius 2 is 1.90 bits per heavy atom. The highest BCUT2D eigenvalue weighted by Gasteiger charge is 2.13. The molecule has 20 heavy (non-hydrogen) atoms. The van der Waals surface area contributed by atoms with E-state index in [1.165, 1.54) is 0 Å². The number of ether oxygens (including phenoxy) is 2. The average molecular weight is 272 g/mol. The van der Waals surface area contributed by atoms with E-state index in [-0.39, 0.29) is 5.91 Å². The fourth-order valence-electron chi connectivity index (χ4n) is 1.83. The van der Waals surface area contributed by atoms with Crippen LogP contribution in [0, 0.1) is 6.92 Å². The standard InChI is InChI=1S/C15H16N2O3/c1-10-8-14(20-3)12(9-13(10)19-2)17-15(18)11-6-4-5-7-16-11/h4-9H,1-3H3,(H,17,18). The van der Waals surface area contributed by atoms with Crippen LogP contribution in [0.2, 0.25) is 0 Å².